The van der Waals surface area contributed by atoms with Crippen LogP contribution >= 0.6 is 0 Å². The first-order valence-corrected chi connectivity index (χ1v) is 6.51. The molecule has 0 saturated carbocycles. The molecule has 1 aromatic heterocycles. The predicted molar refractivity (Wildman–Crippen MR) is 71.1 cm³/mol. The number of hydrogen-bond donors (Lipinski definition) is 1. The predicted octanol–water partition coefficient (Wildman–Crippen LogP) is 2.86. The molecule has 0 aliphatic carbocycles. The number of hydrogen-bond acceptors (Lipinski definition) is 3. The van der Waals surface area contributed by atoms with Crippen LogP contribution in [0, 0.1) is 6.92 Å². The number of rotatable bonds is 8. The summed E-state index contributed by atoms with van der Waals surface area (Å²) in [6, 6.07) is 2.36. The van der Waals surface area contributed by atoms with Gasteiger partial charge in [0.2, 0.25) is 0 Å². The number of ether oxygens (including phenoxy) is 1. The summed E-state index contributed by atoms with van der Waals surface area (Å²) in [5, 5.41) is 3.53. The lowest BCUT2D eigenvalue weighted by molar-refractivity contribution is 0.112. The Hall–Kier alpha value is -0.930. The van der Waals surface area contributed by atoms with Gasteiger partial charge in [-0.05, 0) is 43.5 Å². The summed E-state index contributed by atoms with van der Waals surface area (Å²) in [6.45, 7) is 8.99. The highest BCUT2D eigenvalue weighted by Gasteiger charge is 2.12. The molecule has 0 aliphatic rings. The largest absolute Gasteiger partial charge is 0.379 e. The Kier molecular flexibility index (Phi) is 6.82. The maximum Gasteiger partial charge on any atom is 0.0661 e. The summed E-state index contributed by atoms with van der Waals surface area (Å²) in [7, 11) is 0. The van der Waals surface area contributed by atoms with E-state index in [0.29, 0.717) is 0 Å². The Morgan fingerprint density at radius 3 is 2.82 bits per heavy atom. The van der Waals surface area contributed by atoms with Crippen molar-refractivity contribution in [3.05, 3.63) is 29.6 Å². The van der Waals surface area contributed by atoms with E-state index in [1.54, 1.807) is 0 Å². The Morgan fingerprint density at radius 1 is 1.35 bits per heavy atom. The molecular weight excluding hydrogens is 212 g/mol. The molecule has 0 radical (unpaired) electrons. The molecule has 1 atom stereocenters. The van der Waals surface area contributed by atoms with E-state index in [2.05, 4.69) is 37.1 Å². The molecule has 0 amide bonds. The van der Waals surface area contributed by atoms with Crippen LogP contribution in [0.1, 0.15) is 43.9 Å². The molecule has 3 heteroatoms. The van der Waals surface area contributed by atoms with Gasteiger partial charge in [-0.2, -0.15) is 0 Å². The first-order chi connectivity index (χ1) is 8.29. The smallest absolute Gasteiger partial charge is 0.0661 e. The Balaban J connectivity index is 2.64. The molecule has 1 N–H and O–H groups in total. The lowest BCUT2D eigenvalue weighted by Crippen LogP contribution is -2.27. The van der Waals surface area contributed by atoms with Gasteiger partial charge in [-0.1, -0.05) is 13.8 Å². The minimum atomic E-state index is 0.282. The second-order valence-corrected chi connectivity index (χ2v) is 4.31. The lowest BCUT2D eigenvalue weighted by Gasteiger charge is -2.20. The van der Waals surface area contributed by atoms with Crippen molar-refractivity contribution in [1.29, 1.82) is 0 Å². The van der Waals surface area contributed by atoms with Crippen LogP contribution in [-0.4, -0.2) is 24.7 Å². The summed E-state index contributed by atoms with van der Waals surface area (Å²) in [5.74, 6) is 0. The van der Waals surface area contributed by atoms with Crippen molar-refractivity contribution < 1.29 is 4.74 Å². The number of nitrogens with zero attached hydrogens (tertiary/aromatic N) is 1. The van der Waals surface area contributed by atoms with Crippen molar-refractivity contribution >= 4 is 0 Å². The molecule has 0 saturated heterocycles. The molecule has 1 unspecified atom stereocenters. The van der Waals surface area contributed by atoms with Crippen molar-refractivity contribution in [1.82, 2.24) is 10.3 Å². The third kappa shape index (κ3) is 4.84. The molecule has 0 aliphatic heterocycles. The average Bonchev–Trinajstić information content (AvgIpc) is 2.35. The molecule has 96 valence electrons. The molecule has 0 aromatic carbocycles. The van der Waals surface area contributed by atoms with Crippen molar-refractivity contribution in [2.45, 2.75) is 39.7 Å². The Labute approximate surface area is 105 Å². The number of aryl methyl sites for hydroxylation is 1. The molecular formula is C14H24N2O. The fourth-order valence-electron chi connectivity index (χ4n) is 1.80. The first-order valence-electron chi connectivity index (χ1n) is 6.51. The van der Waals surface area contributed by atoms with E-state index in [4.69, 9.17) is 4.74 Å². The zero-order chi connectivity index (χ0) is 12.5. The average molecular weight is 236 g/mol. The van der Waals surface area contributed by atoms with Crippen molar-refractivity contribution in [2.75, 3.05) is 19.8 Å². The minimum absolute atomic E-state index is 0.282. The molecule has 1 aromatic rings. The molecule has 0 fully saturated rings. The Morgan fingerprint density at radius 2 is 2.18 bits per heavy atom. The normalized spacial score (nSPS) is 12.6. The van der Waals surface area contributed by atoms with Crippen LogP contribution in [0.4, 0.5) is 0 Å². The highest BCUT2D eigenvalue weighted by molar-refractivity contribution is 5.25. The van der Waals surface area contributed by atoms with Crippen LogP contribution in [0.25, 0.3) is 0 Å². The van der Waals surface area contributed by atoms with Crippen molar-refractivity contribution in [2.24, 2.45) is 0 Å². The standard InChI is InChI=1S/C14H24N2O/c1-4-7-16-14(11-17-9-5-2)13-6-8-15-10-12(13)3/h6,8,10,14,16H,4-5,7,9,11H2,1-3H3. The maximum absolute atomic E-state index is 5.67. The highest BCUT2D eigenvalue weighted by atomic mass is 16.5. The van der Waals surface area contributed by atoms with Gasteiger partial charge >= 0.3 is 0 Å². The highest BCUT2D eigenvalue weighted by Crippen LogP contribution is 2.16. The summed E-state index contributed by atoms with van der Waals surface area (Å²) >= 11 is 0. The summed E-state index contributed by atoms with van der Waals surface area (Å²) in [6.07, 6.45) is 5.96. The summed E-state index contributed by atoms with van der Waals surface area (Å²) in [5.41, 5.74) is 2.52. The second kappa shape index (κ2) is 8.20. The zero-order valence-electron chi connectivity index (χ0n) is 11.2. The van der Waals surface area contributed by atoms with Gasteiger partial charge in [0.25, 0.3) is 0 Å². The van der Waals surface area contributed by atoms with Gasteiger partial charge in [0.05, 0.1) is 12.6 Å². The van der Waals surface area contributed by atoms with E-state index in [9.17, 15) is 0 Å². The molecule has 3 nitrogen and oxygen atoms in total. The van der Waals surface area contributed by atoms with Crippen molar-refractivity contribution in [3.8, 4) is 0 Å². The van der Waals surface area contributed by atoms with Crippen LogP contribution in [0.15, 0.2) is 18.5 Å². The van der Waals surface area contributed by atoms with E-state index in [1.807, 2.05) is 12.4 Å². The second-order valence-electron chi connectivity index (χ2n) is 4.31. The van der Waals surface area contributed by atoms with Gasteiger partial charge in [-0.25, -0.2) is 0 Å². The quantitative estimate of drug-likeness (QED) is 0.705. The van der Waals surface area contributed by atoms with Gasteiger partial charge in [-0.15, -0.1) is 0 Å². The summed E-state index contributed by atoms with van der Waals surface area (Å²) in [4.78, 5) is 4.14. The van der Waals surface area contributed by atoms with E-state index < -0.39 is 0 Å². The fraction of sp³-hybridized carbons (Fsp3) is 0.643. The van der Waals surface area contributed by atoms with Crippen molar-refractivity contribution in [3.63, 3.8) is 0 Å². The van der Waals surface area contributed by atoms with Gasteiger partial charge in [0.15, 0.2) is 0 Å². The summed E-state index contributed by atoms with van der Waals surface area (Å²) < 4.78 is 5.67. The SMILES string of the molecule is CCCNC(COCCC)c1ccncc1C. The van der Waals surface area contributed by atoms with Gasteiger partial charge in [-0.3, -0.25) is 4.98 Å². The molecule has 1 heterocycles. The third-order valence-corrected chi connectivity index (χ3v) is 2.71. The topological polar surface area (TPSA) is 34.1 Å². The van der Waals surface area contributed by atoms with Crippen LogP contribution in [0.3, 0.4) is 0 Å². The number of nitrogens with one attached hydrogen (secondary N) is 1. The van der Waals surface area contributed by atoms with Crippen LogP contribution in [0.5, 0.6) is 0 Å². The monoisotopic (exact) mass is 236 g/mol. The van der Waals surface area contributed by atoms with Crippen LogP contribution in [-0.2, 0) is 4.74 Å². The van der Waals surface area contributed by atoms with E-state index >= 15 is 0 Å². The lowest BCUT2D eigenvalue weighted by atomic mass is 10.0. The van der Waals surface area contributed by atoms with E-state index in [-0.39, 0.29) is 6.04 Å². The fourth-order valence-corrected chi connectivity index (χ4v) is 1.80. The molecule has 1 rings (SSSR count). The first kappa shape index (κ1) is 14.1. The molecule has 17 heavy (non-hydrogen) atoms. The van der Waals surface area contributed by atoms with Gasteiger partial charge in [0, 0.05) is 19.0 Å². The van der Waals surface area contributed by atoms with Gasteiger partial charge in [0.1, 0.15) is 0 Å². The number of aromatic nitrogens is 1. The third-order valence-electron chi connectivity index (χ3n) is 2.71. The van der Waals surface area contributed by atoms with Crippen LogP contribution in [0.2, 0.25) is 0 Å². The van der Waals surface area contributed by atoms with Crippen LogP contribution < -0.4 is 5.32 Å². The minimum Gasteiger partial charge on any atom is -0.379 e. The van der Waals surface area contributed by atoms with E-state index in [1.165, 1.54) is 11.1 Å². The molecule has 0 spiro atoms. The van der Waals surface area contributed by atoms with E-state index in [0.717, 1.165) is 32.6 Å². The Bertz CT molecular complexity index is 315. The zero-order valence-corrected chi connectivity index (χ0v) is 11.2. The molecule has 0 bridgehead atoms. The van der Waals surface area contributed by atoms with Gasteiger partial charge < -0.3 is 10.1 Å². The number of pyridine rings is 1. The maximum atomic E-state index is 5.67.